The summed E-state index contributed by atoms with van der Waals surface area (Å²) < 4.78 is 25.4. The summed E-state index contributed by atoms with van der Waals surface area (Å²) >= 11 is 0. The molecule has 1 fully saturated rings. The summed E-state index contributed by atoms with van der Waals surface area (Å²) in [6, 6.07) is 20.9. The third-order valence-corrected chi connectivity index (χ3v) is 8.02. The second-order valence-electron chi connectivity index (χ2n) is 13.1. The van der Waals surface area contributed by atoms with Crippen molar-refractivity contribution in [3.05, 3.63) is 84.1 Å². The van der Waals surface area contributed by atoms with Crippen LogP contribution in [-0.4, -0.2) is 94.9 Å². The summed E-state index contributed by atoms with van der Waals surface area (Å²) in [5, 5.41) is 0. The number of benzene rings is 2. The molecule has 0 radical (unpaired) electrons. The van der Waals surface area contributed by atoms with E-state index in [0.717, 1.165) is 26.4 Å². The van der Waals surface area contributed by atoms with Crippen molar-refractivity contribution in [2.75, 3.05) is 47.3 Å². The van der Waals surface area contributed by atoms with Crippen molar-refractivity contribution in [1.29, 1.82) is 0 Å². The van der Waals surface area contributed by atoms with Crippen molar-refractivity contribution < 1.29 is 1090 Å². The number of nitrogens with zero attached hydrogens (tertiary/aromatic N) is 2. The monoisotopic (exact) mass is 1460 g/mol. The SMILES string of the molecule is C=C(OC(C)C)C(=O)OC.COC(=O)C1(OC(C)C)CCN(Cc2ccccc2)C1.COCN(Cc1ccccc1)C[Si](C)(C)C.[H-].[H-].[H-].[H-].[H-].[H-].[H-].[H-].[H-].[H-].[H-].[H-].[H-].[H-].[H-].[H-].[H-].[H-].[H-].[H-].[K+].[K+].[K+].[K+].[K+].[K+].[K+].[K+].[K+].[K+].[K+].[K+].[K+].[K+].[K+].[K+].[K+].[K+].[K+].[K+]. The van der Waals surface area contributed by atoms with Crippen LogP contribution in [0.1, 0.15) is 73.8 Å². The Balaban J connectivity index is -0.00000000805. The maximum atomic E-state index is 12.1. The van der Waals surface area contributed by atoms with E-state index in [-0.39, 0.29) is 1080 Å². The van der Waals surface area contributed by atoms with Gasteiger partial charge in [0.05, 0.1) is 41.2 Å². The summed E-state index contributed by atoms with van der Waals surface area (Å²) in [7, 11) is 3.41. The number of esters is 2. The Morgan fingerprint density at radius 2 is 1.05 bits per heavy atom. The molecule has 1 unspecified atom stereocenters. The van der Waals surface area contributed by atoms with Gasteiger partial charge in [0.2, 0.25) is 0 Å². The molecule has 1 aliphatic rings. The van der Waals surface area contributed by atoms with Crippen LogP contribution < -0.4 is 1030 Å². The molecule has 298 valence electrons. The van der Waals surface area contributed by atoms with Gasteiger partial charge in [-0.2, -0.15) is 0 Å². The molecule has 1 heterocycles. The van der Waals surface area contributed by atoms with Gasteiger partial charge in [-0.05, 0) is 51.6 Å². The average molecular weight is 1460 g/mol. The van der Waals surface area contributed by atoms with E-state index >= 15 is 0 Å². The molecule has 0 spiro atoms. The Bertz CT molecular complexity index is 1280. The molecule has 0 saturated carbocycles. The van der Waals surface area contributed by atoms with Crippen LogP contribution in [0.3, 0.4) is 0 Å². The molecule has 2 aromatic carbocycles. The number of ether oxygens (including phenoxy) is 5. The smallest absolute Gasteiger partial charge is 1.00 e. The number of hydrogen-bond acceptors (Lipinski definition) is 9. The molecule has 0 N–H and O–H groups in total. The first-order valence-corrected chi connectivity index (χ1v) is 19.6. The zero-order valence-electron chi connectivity index (χ0n) is 69.8. The van der Waals surface area contributed by atoms with Crippen molar-refractivity contribution in [3.8, 4) is 0 Å². The van der Waals surface area contributed by atoms with E-state index in [1.54, 1.807) is 7.11 Å². The molecule has 1 aliphatic heterocycles. The minimum Gasteiger partial charge on any atom is -1.00 e. The third kappa shape index (κ3) is 87.9. The average Bonchev–Trinajstić information content (AvgIpc) is 3.39. The Hall–Kier alpha value is 29.7. The number of carbonyl (C=O) groups excluding carboxylic acids is 2. The number of rotatable bonds is 14. The summed E-state index contributed by atoms with van der Waals surface area (Å²) in [5.74, 6) is -0.729. The van der Waals surface area contributed by atoms with Gasteiger partial charge in [-0.25, -0.2) is 9.59 Å². The van der Waals surface area contributed by atoms with Crippen LogP contribution >= 0.6 is 0 Å². The van der Waals surface area contributed by atoms with Crippen molar-refractivity contribution in [2.45, 2.75) is 84.7 Å². The van der Waals surface area contributed by atoms with Crippen LogP contribution in [0.2, 0.25) is 19.6 Å². The van der Waals surface area contributed by atoms with Crippen molar-refractivity contribution in [3.63, 3.8) is 0 Å². The zero-order valence-corrected chi connectivity index (χ0v) is 113. The third-order valence-electron chi connectivity index (χ3n) is 6.63. The van der Waals surface area contributed by atoms with E-state index in [1.807, 2.05) is 45.9 Å². The van der Waals surface area contributed by atoms with Crippen LogP contribution in [0, 0.1) is 0 Å². The molecule has 1 saturated heterocycles. The van der Waals surface area contributed by atoms with E-state index < -0.39 is 19.6 Å². The first kappa shape index (κ1) is 150. The minimum atomic E-state index is -1.07. The number of likely N-dealkylation sites (tertiary alicyclic amines) is 1. The van der Waals surface area contributed by atoms with Gasteiger partial charge in [0, 0.05) is 39.7 Å². The minimum absolute atomic E-state index is 0. The van der Waals surface area contributed by atoms with Crippen molar-refractivity contribution in [2.24, 2.45) is 0 Å². The standard InChI is InChI=1S/C16H23NO3.C13H23NOSi.C7H12O3.20K.20H/c1-13(2)20-16(15(18)19-3)9-10-17(12-16)11-14-7-5-4-6-8-14;1-15-11-14(12-16(2,3)4)10-13-8-6-5-7-9-13;1-5(2)10-6(3)7(8)9-4;;;;;;;;;;;;;;;;;;;;;;;;;;;;;;;;;;;;;;;;/h4-8,13H,9-12H2,1-3H3;5-9H,10-12H2,1-4H3;5H,3H2,1-2,4H3;;;;;;;;;;;;;;;;;;;;;;;;;;;;;;;;;;;;;;;;/q;;;20*+1;20*-1. The van der Waals surface area contributed by atoms with Crippen LogP contribution in [-0.2, 0) is 46.4 Å². The van der Waals surface area contributed by atoms with Gasteiger partial charge in [0.25, 0.3) is 0 Å². The maximum Gasteiger partial charge on any atom is 1.00 e. The van der Waals surface area contributed by atoms with Gasteiger partial charge in [0.15, 0.2) is 11.4 Å². The Kier molecular flexibility index (Phi) is 229. The molecule has 0 bridgehead atoms. The molecule has 0 amide bonds. The van der Waals surface area contributed by atoms with Crippen molar-refractivity contribution in [1.82, 2.24) is 9.80 Å². The van der Waals surface area contributed by atoms with Crippen LogP contribution in [0.25, 0.3) is 0 Å². The summed E-state index contributed by atoms with van der Waals surface area (Å²) in [6.45, 7) is 22.0. The molecule has 0 aliphatic carbocycles. The molecule has 0 aromatic heterocycles. The first-order valence-electron chi connectivity index (χ1n) is 15.9. The molecular weight excluding hydrogens is 1380 g/mol. The molecule has 66 heavy (non-hydrogen) atoms. The maximum absolute atomic E-state index is 12.1. The van der Waals surface area contributed by atoms with Gasteiger partial charge < -0.3 is 52.2 Å². The molecular formula is C36H78K20N2O7Si. The second kappa shape index (κ2) is 101. The Morgan fingerprint density at radius 3 is 1.36 bits per heavy atom. The predicted molar refractivity (Wildman–Crippen MR) is 209 cm³/mol. The first-order chi connectivity index (χ1) is 21.6. The molecule has 9 nitrogen and oxygen atoms in total. The Labute approximate surface area is 1290 Å². The topological polar surface area (TPSA) is 86.8 Å². The van der Waals surface area contributed by atoms with E-state index in [1.165, 1.54) is 31.5 Å². The summed E-state index contributed by atoms with van der Waals surface area (Å²) in [4.78, 5) is 27.3. The number of methoxy groups -OCH3 is 3. The zero-order chi connectivity index (χ0) is 34.8. The molecule has 1 atom stereocenters. The quantitative estimate of drug-likeness (QED) is 0.0603. The summed E-state index contributed by atoms with van der Waals surface area (Å²) in [6.07, 6.45) is 1.83. The number of hydrogen-bond donors (Lipinski definition) is 0. The van der Waals surface area contributed by atoms with Crippen LogP contribution in [0.15, 0.2) is 73.0 Å². The van der Waals surface area contributed by atoms with E-state index in [2.05, 4.69) is 83.2 Å². The van der Waals surface area contributed by atoms with E-state index in [4.69, 9.17) is 18.9 Å². The normalized spacial score (nSPS) is 11.3. The fraction of sp³-hybridized carbons (Fsp3) is 0.556. The fourth-order valence-electron chi connectivity index (χ4n) is 5.07. The van der Waals surface area contributed by atoms with Gasteiger partial charge in [-0.15, -0.1) is 0 Å². The second-order valence-corrected chi connectivity index (χ2v) is 18.6. The van der Waals surface area contributed by atoms with Crippen molar-refractivity contribution >= 4 is 20.0 Å². The van der Waals surface area contributed by atoms with Gasteiger partial charge >= 0.3 is 1040 Å². The predicted octanol–water partition coefficient (Wildman–Crippen LogP) is -51.4. The van der Waals surface area contributed by atoms with E-state index in [9.17, 15) is 9.59 Å². The van der Waals surface area contributed by atoms with Gasteiger partial charge in [-0.3, -0.25) is 9.80 Å². The largest absolute Gasteiger partial charge is 1.00 e. The Morgan fingerprint density at radius 1 is 0.652 bits per heavy atom. The van der Waals surface area contributed by atoms with E-state index in [0.29, 0.717) is 13.0 Å². The molecule has 2 aromatic rings. The van der Waals surface area contributed by atoms with Crippen LogP contribution in [0.4, 0.5) is 0 Å². The fourth-order valence-corrected chi connectivity index (χ4v) is 6.62. The molecule has 3 rings (SSSR count). The van der Waals surface area contributed by atoms with Gasteiger partial charge in [-0.1, -0.05) is 80.3 Å². The van der Waals surface area contributed by atoms with Gasteiger partial charge in [0.1, 0.15) is 0 Å². The summed E-state index contributed by atoms with van der Waals surface area (Å²) in [5.41, 5.74) is 1.80. The van der Waals surface area contributed by atoms with Crippen LogP contribution in [0.5, 0.6) is 0 Å². The molecule has 30 heteroatoms. The number of carbonyl (C=O) groups is 2.